The van der Waals surface area contributed by atoms with Gasteiger partial charge in [-0.1, -0.05) is 19.9 Å². The molecule has 0 radical (unpaired) electrons. The minimum Gasteiger partial charge on any atom is -0.297 e. The Balaban J connectivity index is 2.39. The Labute approximate surface area is 67.7 Å². The highest BCUT2D eigenvalue weighted by molar-refractivity contribution is 5.14. The van der Waals surface area contributed by atoms with Crippen molar-refractivity contribution in [1.82, 2.24) is 4.98 Å². The normalized spacial score (nSPS) is 10.5. The van der Waals surface area contributed by atoms with Crippen molar-refractivity contribution in [3.63, 3.8) is 0 Å². The minimum atomic E-state index is 0.719. The molecule has 2 heteroatoms. The molecule has 0 bridgehead atoms. The van der Waals surface area contributed by atoms with Gasteiger partial charge in [0.2, 0.25) is 5.82 Å². The van der Waals surface area contributed by atoms with Gasteiger partial charge in [0.15, 0.2) is 0 Å². The maximum Gasteiger partial charge on any atom is 0.224 e. The number of nitrogens with two attached hydrogens (primary N) is 1. The van der Waals surface area contributed by atoms with E-state index in [2.05, 4.69) is 24.1 Å². The molecule has 2 N–H and O–H groups in total. The topological polar surface area (TPSA) is 29.5 Å². The number of pyridine rings is 1. The van der Waals surface area contributed by atoms with Gasteiger partial charge in [-0.2, -0.15) is 0 Å². The predicted octanol–water partition coefficient (Wildman–Crippen LogP) is 0.932. The van der Waals surface area contributed by atoms with Gasteiger partial charge in [-0.3, -0.25) is 5.32 Å². The summed E-state index contributed by atoms with van der Waals surface area (Å²) in [5, 5.41) is 2.17. The first-order valence-corrected chi connectivity index (χ1v) is 4.03. The Kier molecular flexibility index (Phi) is 3.05. The molecule has 0 aliphatic carbocycles. The quantitative estimate of drug-likeness (QED) is 0.684. The second kappa shape index (κ2) is 4.09. The van der Waals surface area contributed by atoms with Crippen LogP contribution in [0, 0.1) is 5.92 Å². The summed E-state index contributed by atoms with van der Waals surface area (Å²) in [7, 11) is 0. The van der Waals surface area contributed by atoms with Crippen LogP contribution in [0.4, 0.5) is 5.82 Å². The van der Waals surface area contributed by atoms with Crippen LogP contribution in [0.5, 0.6) is 0 Å². The van der Waals surface area contributed by atoms with E-state index in [1.54, 1.807) is 0 Å². The van der Waals surface area contributed by atoms with Gasteiger partial charge in [0.05, 0.1) is 6.54 Å². The number of quaternary nitrogens is 1. The summed E-state index contributed by atoms with van der Waals surface area (Å²) in [6.07, 6.45) is 1.83. The zero-order valence-electron chi connectivity index (χ0n) is 7.12. The molecule has 0 atom stereocenters. The summed E-state index contributed by atoms with van der Waals surface area (Å²) < 4.78 is 0. The van der Waals surface area contributed by atoms with E-state index in [0.29, 0.717) is 0 Å². The van der Waals surface area contributed by atoms with Crippen molar-refractivity contribution < 1.29 is 5.32 Å². The van der Waals surface area contributed by atoms with Crippen LogP contribution >= 0.6 is 0 Å². The Morgan fingerprint density at radius 3 is 2.82 bits per heavy atom. The molecule has 0 aliphatic rings. The standard InChI is InChI=1S/C9H14N2/c1-8(2)7-11-9-5-3-4-6-10-9/h3-6,8H,7H2,1-2H3,(H,10,11)/p+1. The maximum atomic E-state index is 4.20. The fraction of sp³-hybridized carbons (Fsp3) is 0.444. The molecule has 0 unspecified atom stereocenters. The lowest BCUT2D eigenvalue weighted by atomic mass is 10.2. The monoisotopic (exact) mass is 151 g/mol. The smallest absolute Gasteiger partial charge is 0.224 e. The summed E-state index contributed by atoms with van der Waals surface area (Å²) in [4.78, 5) is 4.20. The Morgan fingerprint density at radius 2 is 2.27 bits per heavy atom. The average Bonchev–Trinajstić information content (AvgIpc) is 2.03. The van der Waals surface area contributed by atoms with Gasteiger partial charge in [-0.15, -0.1) is 0 Å². The lowest BCUT2D eigenvalue weighted by Gasteiger charge is -2.01. The second-order valence-corrected chi connectivity index (χ2v) is 3.09. The van der Waals surface area contributed by atoms with Crippen molar-refractivity contribution in [2.75, 3.05) is 6.54 Å². The third-order valence-corrected chi connectivity index (χ3v) is 1.49. The highest BCUT2D eigenvalue weighted by Gasteiger charge is 1.98. The number of aromatic nitrogens is 1. The Hall–Kier alpha value is -0.890. The Bertz CT molecular complexity index is 194. The number of nitrogens with zero attached hydrogens (tertiary/aromatic N) is 1. The molecule has 0 amide bonds. The van der Waals surface area contributed by atoms with Crippen molar-refractivity contribution in [2.45, 2.75) is 13.8 Å². The molecule has 11 heavy (non-hydrogen) atoms. The van der Waals surface area contributed by atoms with E-state index in [1.807, 2.05) is 24.4 Å². The predicted molar refractivity (Wildman–Crippen MR) is 45.5 cm³/mol. The van der Waals surface area contributed by atoms with Gasteiger partial charge in [-0.05, 0) is 6.07 Å². The van der Waals surface area contributed by atoms with Crippen LogP contribution in [0.15, 0.2) is 24.4 Å². The van der Waals surface area contributed by atoms with Crippen molar-refractivity contribution in [2.24, 2.45) is 5.92 Å². The summed E-state index contributed by atoms with van der Waals surface area (Å²) in [6.45, 7) is 5.52. The van der Waals surface area contributed by atoms with Crippen LogP contribution in [-0.4, -0.2) is 11.5 Å². The molecular weight excluding hydrogens is 136 g/mol. The molecule has 0 spiro atoms. The lowest BCUT2D eigenvalue weighted by Crippen LogP contribution is -2.79. The van der Waals surface area contributed by atoms with Crippen LogP contribution in [0.1, 0.15) is 13.8 Å². The van der Waals surface area contributed by atoms with Crippen LogP contribution in [-0.2, 0) is 0 Å². The van der Waals surface area contributed by atoms with Gasteiger partial charge < -0.3 is 0 Å². The largest absolute Gasteiger partial charge is 0.297 e. The second-order valence-electron chi connectivity index (χ2n) is 3.09. The van der Waals surface area contributed by atoms with Crippen LogP contribution in [0.3, 0.4) is 0 Å². The summed E-state index contributed by atoms with van der Waals surface area (Å²) >= 11 is 0. The fourth-order valence-corrected chi connectivity index (χ4v) is 0.853. The summed E-state index contributed by atoms with van der Waals surface area (Å²) in [5.74, 6) is 1.80. The van der Waals surface area contributed by atoms with Gasteiger partial charge in [0, 0.05) is 18.2 Å². The molecule has 2 nitrogen and oxygen atoms in total. The molecular formula is C9H15N2+. The molecule has 1 aromatic rings. The minimum absolute atomic E-state index is 0.719. The first kappa shape index (κ1) is 8.21. The van der Waals surface area contributed by atoms with E-state index in [-0.39, 0.29) is 0 Å². The van der Waals surface area contributed by atoms with Crippen LogP contribution in [0.25, 0.3) is 0 Å². The van der Waals surface area contributed by atoms with E-state index in [9.17, 15) is 0 Å². The molecule has 1 aromatic heterocycles. The fourth-order valence-electron chi connectivity index (χ4n) is 0.853. The van der Waals surface area contributed by atoms with E-state index in [4.69, 9.17) is 0 Å². The highest BCUT2D eigenvalue weighted by Crippen LogP contribution is 1.91. The third kappa shape index (κ3) is 3.14. The third-order valence-electron chi connectivity index (χ3n) is 1.49. The van der Waals surface area contributed by atoms with E-state index < -0.39 is 0 Å². The zero-order chi connectivity index (χ0) is 8.10. The zero-order valence-corrected chi connectivity index (χ0v) is 7.12. The van der Waals surface area contributed by atoms with E-state index in [1.165, 1.54) is 0 Å². The van der Waals surface area contributed by atoms with E-state index in [0.717, 1.165) is 18.3 Å². The first-order valence-electron chi connectivity index (χ1n) is 4.03. The SMILES string of the molecule is CC(C)C[NH2+]c1ccccn1. The van der Waals surface area contributed by atoms with Crippen molar-refractivity contribution >= 4 is 5.82 Å². The molecule has 0 saturated carbocycles. The van der Waals surface area contributed by atoms with Crippen molar-refractivity contribution in [1.29, 1.82) is 0 Å². The van der Waals surface area contributed by atoms with Gasteiger partial charge in [-0.25, -0.2) is 4.98 Å². The molecule has 1 rings (SSSR count). The summed E-state index contributed by atoms with van der Waals surface area (Å²) in [5.41, 5.74) is 0. The van der Waals surface area contributed by atoms with E-state index >= 15 is 0 Å². The van der Waals surface area contributed by atoms with Crippen molar-refractivity contribution in [3.05, 3.63) is 24.4 Å². The molecule has 60 valence electrons. The van der Waals surface area contributed by atoms with Crippen LogP contribution in [0.2, 0.25) is 0 Å². The molecule has 0 fully saturated rings. The lowest BCUT2D eigenvalue weighted by molar-refractivity contribution is -0.580. The van der Waals surface area contributed by atoms with Gasteiger partial charge >= 0.3 is 0 Å². The highest BCUT2D eigenvalue weighted by atomic mass is 15.0. The summed E-state index contributed by atoms with van der Waals surface area (Å²) in [6, 6.07) is 5.98. The molecule has 1 heterocycles. The van der Waals surface area contributed by atoms with Crippen LogP contribution < -0.4 is 5.32 Å². The van der Waals surface area contributed by atoms with Crippen molar-refractivity contribution in [3.8, 4) is 0 Å². The molecule has 0 saturated heterocycles. The Morgan fingerprint density at radius 1 is 1.45 bits per heavy atom. The molecule has 0 aromatic carbocycles. The first-order chi connectivity index (χ1) is 5.29. The average molecular weight is 151 g/mol. The molecule has 0 aliphatic heterocycles. The van der Waals surface area contributed by atoms with Gasteiger partial charge in [0.1, 0.15) is 0 Å². The number of hydrogen-bond acceptors (Lipinski definition) is 1. The maximum absolute atomic E-state index is 4.20. The number of rotatable bonds is 3. The number of hydrogen-bond donors (Lipinski definition) is 1. The van der Waals surface area contributed by atoms with Gasteiger partial charge in [0.25, 0.3) is 0 Å².